The Morgan fingerprint density at radius 1 is 1.09 bits per heavy atom. The molecule has 6 nitrogen and oxygen atoms in total. The summed E-state index contributed by atoms with van der Waals surface area (Å²) in [6, 6.07) is 9.68. The minimum Gasteiger partial charge on any atom is -0.489 e. The third kappa shape index (κ3) is 5.23. The molecule has 1 saturated heterocycles. The highest BCUT2D eigenvalue weighted by Crippen LogP contribution is 2.39. The van der Waals surface area contributed by atoms with Gasteiger partial charge in [0, 0.05) is 29.4 Å². The number of aromatic nitrogens is 1. The molecule has 2 aliphatic carbocycles. The number of pyridine rings is 1. The Balaban J connectivity index is 1.38. The van der Waals surface area contributed by atoms with E-state index in [9.17, 15) is 14.7 Å². The molecular weight excluding hydrogens is 454 g/mol. The lowest BCUT2D eigenvalue weighted by molar-refractivity contribution is -0.143. The van der Waals surface area contributed by atoms with Crippen LogP contribution in [0.3, 0.4) is 0 Å². The van der Waals surface area contributed by atoms with Gasteiger partial charge in [-0.25, -0.2) is 0 Å². The van der Waals surface area contributed by atoms with Crippen LogP contribution in [0.25, 0.3) is 5.57 Å². The van der Waals surface area contributed by atoms with Gasteiger partial charge in [-0.05, 0) is 74.6 Å². The first-order valence-corrected chi connectivity index (χ1v) is 12.6. The molecule has 0 spiro atoms. The highest BCUT2D eigenvalue weighted by Gasteiger charge is 2.28. The quantitative estimate of drug-likeness (QED) is 0.550. The lowest BCUT2D eigenvalue weighted by Gasteiger charge is -2.27. The largest absolute Gasteiger partial charge is 0.489 e. The molecule has 2 aromatic rings. The van der Waals surface area contributed by atoms with E-state index in [1.54, 1.807) is 0 Å². The van der Waals surface area contributed by atoms with Gasteiger partial charge in [-0.15, -0.1) is 0 Å². The predicted octanol–water partition coefficient (Wildman–Crippen LogP) is 5.40. The molecule has 1 aromatic carbocycles. The molecule has 7 heteroatoms. The van der Waals surface area contributed by atoms with Gasteiger partial charge in [0.2, 0.25) is 0 Å². The molecule has 2 N–H and O–H groups in total. The minimum atomic E-state index is -0.726. The molecule has 2 saturated carbocycles. The van der Waals surface area contributed by atoms with E-state index in [4.69, 9.17) is 21.1 Å². The van der Waals surface area contributed by atoms with E-state index in [-0.39, 0.29) is 23.5 Å². The summed E-state index contributed by atoms with van der Waals surface area (Å²) in [7, 11) is 0. The first kappa shape index (κ1) is 23.2. The zero-order valence-electron chi connectivity index (χ0n) is 19.1. The molecule has 180 valence electrons. The van der Waals surface area contributed by atoms with Crippen LogP contribution < -0.4 is 10.3 Å². The topological polar surface area (TPSA) is 88.6 Å². The number of halogens is 1. The van der Waals surface area contributed by atoms with E-state index in [1.165, 1.54) is 0 Å². The van der Waals surface area contributed by atoms with Crippen molar-refractivity contribution in [3.05, 3.63) is 68.6 Å². The van der Waals surface area contributed by atoms with Gasteiger partial charge in [0.25, 0.3) is 5.56 Å². The zero-order chi connectivity index (χ0) is 23.7. The van der Waals surface area contributed by atoms with E-state index in [1.807, 2.05) is 30.3 Å². The molecule has 5 rings (SSSR count). The standard InChI is InChI=1S/C27H30ClNO5/c28-23-14-19(5-10-25(23)34-20-6-3-18(4-7-20)27(31)32)22(13-16-11-12-33-15-16)24-9-8-21(17-1-2-17)26(30)29-24/h5,8-10,13-14,16-18,20H,1-4,6-7,11-12,15H2,(H,29,30)(H,31,32)/b22-13+/t16-,18?,20?/m1/s1. The number of nitrogens with one attached hydrogen (secondary N) is 1. The van der Waals surface area contributed by atoms with Crippen LogP contribution in [0, 0.1) is 11.8 Å². The van der Waals surface area contributed by atoms with Crippen molar-refractivity contribution in [3.8, 4) is 5.75 Å². The van der Waals surface area contributed by atoms with E-state index < -0.39 is 5.97 Å². The molecule has 2 heterocycles. The Kier molecular flexibility index (Phi) is 6.79. The molecule has 0 unspecified atom stereocenters. The fourth-order valence-electron chi connectivity index (χ4n) is 4.99. The molecule has 1 aliphatic heterocycles. The van der Waals surface area contributed by atoms with Crippen molar-refractivity contribution in [1.29, 1.82) is 0 Å². The second-order valence-electron chi connectivity index (χ2n) is 9.71. The number of hydrogen-bond acceptors (Lipinski definition) is 4. The number of carboxylic acids is 1. The third-order valence-electron chi connectivity index (χ3n) is 7.17. The van der Waals surface area contributed by atoms with Gasteiger partial charge in [0.15, 0.2) is 0 Å². The SMILES string of the molecule is O=C(O)C1CCC(Oc2ccc(/C(=C\[C@H]3CCOC3)c3ccc(C4CC4)c(=O)[nH]3)cc2Cl)CC1. The van der Waals surface area contributed by atoms with Gasteiger partial charge >= 0.3 is 5.97 Å². The minimum absolute atomic E-state index is 0.0171. The number of carboxylic acid groups (broad SMARTS) is 1. The summed E-state index contributed by atoms with van der Waals surface area (Å²) in [5.41, 5.74) is 3.47. The summed E-state index contributed by atoms with van der Waals surface area (Å²) in [5, 5.41) is 9.71. The maximum absolute atomic E-state index is 12.7. The van der Waals surface area contributed by atoms with E-state index in [0.717, 1.165) is 48.3 Å². The normalized spacial score (nSPS) is 25.3. The number of carbonyl (C=O) groups is 1. The van der Waals surface area contributed by atoms with Crippen molar-refractivity contribution in [2.45, 2.75) is 57.0 Å². The van der Waals surface area contributed by atoms with Crippen LogP contribution in [-0.2, 0) is 9.53 Å². The van der Waals surface area contributed by atoms with Crippen molar-refractivity contribution in [2.24, 2.45) is 11.8 Å². The second-order valence-corrected chi connectivity index (χ2v) is 10.1. The molecular formula is C27H30ClNO5. The number of aromatic amines is 1. The second kappa shape index (κ2) is 9.96. The Hall–Kier alpha value is -2.57. The summed E-state index contributed by atoms with van der Waals surface area (Å²) in [6.45, 7) is 1.41. The third-order valence-corrected chi connectivity index (χ3v) is 7.47. The first-order chi connectivity index (χ1) is 16.5. The first-order valence-electron chi connectivity index (χ1n) is 12.2. The summed E-state index contributed by atoms with van der Waals surface area (Å²) in [5.74, 6) is 0.269. The van der Waals surface area contributed by atoms with Crippen molar-refractivity contribution < 1.29 is 19.4 Å². The molecule has 1 atom stereocenters. The van der Waals surface area contributed by atoms with Crippen LogP contribution in [0.5, 0.6) is 5.75 Å². The van der Waals surface area contributed by atoms with Crippen molar-refractivity contribution in [1.82, 2.24) is 4.98 Å². The smallest absolute Gasteiger partial charge is 0.306 e. The average molecular weight is 484 g/mol. The fourth-order valence-corrected chi connectivity index (χ4v) is 5.22. The van der Waals surface area contributed by atoms with Crippen molar-refractivity contribution in [2.75, 3.05) is 13.2 Å². The van der Waals surface area contributed by atoms with Crippen LogP contribution in [0.4, 0.5) is 0 Å². The Labute approximate surface area is 203 Å². The summed E-state index contributed by atoms with van der Waals surface area (Å²) < 4.78 is 11.7. The molecule has 34 heavy (non-hydrogen) atoms. The van der Waals surface area contributed by atoms with Crippen LogP contribution in [-0.4, -0.2) is 35.4 Å². The van der Waals surface area contributed by atoms with Gasteiger partial charge in [-0.2, -0.15) is 0 Å². The van der Waals surface area contributed by atoms with E-state index in [2.05, 4.69) is 11.1 Å². The lowest BCUT2D eigenvalue weighted by Crippen LogP contribution is -2.27. The van der Waals surface area contributed by atoms with E-state index in [0.29, 0.717) is 49.0 Å². The highest BCUT2D eigenvalue weighted by molar-refractivity contribution is 6.32. The Morgan fingerprint density at radius 2 is 1.88 bits per heavy atom. The maximum atomic E-state index is 12.7. The highest BCUT2D eigenvalue weighted by atomic mass is 35.5. The average Bonchev–Trinajstić information content (AvgIpc) is 3.54. The fraction of sp³-hybridized carbons (Fsp3) is 0.481. The summed E-state index contributed by atoms with van der Waals surface area (Å²) in [6.07, 6.45) is 7.91. The monoisotopic (exact) mass is 483 g/mol. The number of ether oxygens (including phenoxy) is 2. The number of hydrogen-bond donors (Lipinski definition) is 2. The van der Waals surface area contributed by atoms with Crippen LogP contribution in [0.2, 0.25) is 5.02 Å². The van der Waals surface area contributed by atoms with Crippen molar-refractivity contribution >= 4 is 23.1 Å². The zero-order valence-corrected chi connectivity index (χ0v) is 19.9. The number of aliphatic carboxylic acids is 1. The lowest BCUT2D eigenvalue weighted by atomic mass is 9.87. The number of H-pyrrole nitrogens is 1. The van der Waals surface area contributed by atoms with Gasteiger partial charge in [0.05, 0.1) is 23.7 Å². The molecule has 3 fully saturated rings. The van der Waals surface area contributed by atoms with Crippen LogP contribution in [0.1, 0.15) is 67.7 Å². The Bertz CT molecular complexity index is 1140. The molecule has 0 amide bonds. The molecule has 3 aliphatic rings. The molecule has 0 bridgehead atoms. The van der Waals surface area contributed by atoms with Gasteiger partial charge in [-0.3, -0.25) is 9.59 Å². The Morgan fingerprint density at radius 3 is 2.50 bits per heavy atom. The summed E-state index contributed by atoms with van der Waals surface area (Å²) in [4.78, 5) is 27.0. The predicted molar refractivity (Wildman–Crippen MR) is 131 cm³/mol. The van der Waals surface area contributed by atoms with Crippen molar-refractivity contribution in [3.63, 3.8) is 0 Å². The van der Waals surface area contributed by atoms with Gasteiger partial charge in [0.1, 0.15) is 5.75 Å². The number of benzene rings is 1. The molecule has 0 radical (unpaired) electrons. The van der Waals surface area contributed by atoms with Gasteiger partial charge < -0.3 is 19.6 Å². The summed E-state index contributed by atoms with van der Waals surface area (Å²) >= 11 is 6.64. The van der Waals surface area contributed by atoms with Gasteiger partial charge in [-0.1, -0.05) is 29.8 Å². The van der Waals surface area contributed by atoms with Crippen LogP contribution in [0.15, 0.2) is 41.2 Å². The maximum Gasteiger partial charge on any atom is 0.306 e. The van der Waals surface area contributed by atoms with Crippen LogP contribution >= 0.6 is 11.6 Å². The molecule has 1 aromatic heterocycles. The number of rotatable bonds is 7. The van der Waals surface area contributed by atoms with E-state index >= 15 is 0 Å².